The van der Waals surface area contributed by atoms with Crippen LogP contribution in [0.25, 0.3) is 0 Å². The summed E-state index contributed by atoms with van der Waals surface area (Å²) in [6, 6.07) is 5.80. The zero-order valence-corrected chi connectivity index (χ0v) is 23.5. The summed E-state index contributed by atoms with van der Waals surface area (Å²) < 4.78 is 95.1. The molecule has 5 rings (SSSR count). The van der Waals surface area contributed by atoms with Crippen molar-refractivity contribution in [2.24, 2.45) is 11.8 Å². The number of aryl methyl sites for hydroxylation is 1. The number of piperidine rings is 2. The molecule has 4 nitrogen and oxygen atoms in total. The van der Waals surface area contributed by atoms with Crippen LogP contribution in [0.5, 0.6) is 0 Å². The lowest BCUT2D eigenvalue weighted by Gasteiger charge is -2.42. The summed E-state index contributed by atoms with van der Waals surface area (Å²) >= 11 is 0. The average molecular weight is 600 g/mol. The Bertz CT molecular complexity index is 1240. The Hall–Kier alpha value is -2.66. The zero-order valence-electron chi connectivity index (χ0n) is 23.5. The molecule has 2 aromatic rings. The summed E-state index contributed by atoms with van der Waals surface area (Å²) in [5, 5.41) is 3.36. The fourth-order valence-electron chi connectivity index (χ4n) is 6.57. The van der Waals surface area contributed by atoms with Gasteiger partial charge < -0.3 is 15.1 Å². The molecule has 0 radical (unpaired) electrons. The normalized spacial score (nSPS) is 22.8. The molecule has 0 spiro atoms. The lowest BCUT2D eigenvalue weighted by atomic mass is 9.77. The van der Waals surface area contributed by atoms with Gasteiger partial charge in [0.05, 0.1) is 11.1 Å². The molecule has 0 aromatic heterocycles. The third-order valence-electron chi connectivity index (χ3n) is 8.89. The van der Waals surface area contributed by atoms with Crippen LogP contribution in [-0.2, 0) is 23.7 Å². The van der Waals surface area contributed by atoms with Crippen molar-refractivity contribution in [1.82, 2.24) is 15.1 Å². The topological polar surface area (TPSA) is 35.6 Å². The molecular weight excluding hydrogens is 563 g/mol. The van der Waals surface area contributed by atoms with Gasteiger partial charge in [-0.05, 0) is 112 Å². The predicted molar refractivity (Wildman–Crippen MR) is 144 cm³/mol. The summed E-state index contributed by atoms with van der Waals surface area (Å²) in [5.41, 5.74) is -1.41. The average Bonchev–Trinajstić information content (AvgIpc) is 3.76. The van der Waals surface area contributed by atoms with E-state index in [1.54, 1.807) is 13.0 Å². The van der Waals surface area contributed by atoms with Gasteiger partial charge in [-0.3, -0.25) is 4.79 Å². The van der Waals surface area contributed by atoms with Crippen LogP contribution >= 0.6 is 0 Å². The fraction of sp³-hybridized carbons (Fsp3) is 0.581. The minimum absolute atomic E-state index is 0.109. The van der Waals surface area contributed by atoms with Crippen LogP contribution in [0.3, 0.4) is 0 Å². The van der Waals surface area contributed by atoms with Gasteiger partial charge in [0.25, 0.3) is 0 Å². The molecule has 2 atom stereocenters. The van der Waals surface area contributed by atoms with E-state index in [-0.39, 0.29) is 41.9 Å². The second-order valence-corrected chi connectivity index (χ2v) is 12.1. The van der Waals surface area contributed by atoms with Gasteiger partial charge in [-0.2, -0.15) is 26.3 Å². The molecule has 1 saturated carbocycles. The monoisotopic (exact) mass is 599 g/mol. The quantitative estimate of drug-likeness (QED) is 0.357. The number of carbonyl (C=O) groups is 1. The van der Waals surface area contributed by atoms with Crippen LogP contribution in [0, 0.1) is 24.6 Å². The SMILES string of the molecule is Cc1cc(F)ccc1C1CN(CC2CCNCC2)CCC1C(=O)N(Cc1cc(C(F)(F)F)cc(C(F)(F)F)c1)C1CC1. The minimum Gasteiger partial charge on any atom is -0.335 e. The maximum atomic E-state index is 14.2. The van der Waals surface area contributed by atoms with Gasteiger partial charge in [0.15, 0.2) is 0 Å². The van der Waals surface area contributed by atoms with E-state index in [1.807, 2.05) is 0 Å². The second kappa shape index (κ2) is 12.1. The van der Waals surface area contributed by atoms with Crippen molar-refractivity contribution < 1.29 is 35.5 Å². The summed E-state index contributed by atoms with van der Waals surface area (Å²) in [6.45, 7) is 5.51. The molecular formula is C31H36F7N3O. The number of nitrogens with one attached hydrogen (secondary N) is 1. The number of halogens is 7. The van der Waals surface area contributed by atoms with E-state index in [0.717, 1.165) is 38.0 Å². The number of amides is 1. The first-order valence-electron chi connectivity index (χ1n) is 14.6. The highest BCUT2D eigenvalue weighted by molar-refractivity contribution is 5.81. The highest BCUT2D eigenvalue weighted by Crippen LogP contribution is 2.41. The van der Waals surface area contributed by atoms with Gasteiger partial charge >= 0.3 is 12.4 Å². The van der Waals surface area contributed by atoms with Crippen molar-refractivity contribution in [2.75, 3.05) is 32.7 Å². The maximum Gasteiger partial charge on any atom is 0.416 e. The molecule has 42 heavy (non-hydrogen) atoms. The van der Waals surface area contributed by atoms with Crippen molar-refractivity contribution in [3.05, 3.63) is 70.0 Å². The van der Waals surface area contributed by atoms with Crippen LogP contribution in [0.15, 0.2) is 36.4 Å². The van der Waals surface area contributed by atoms with Gasteiger partial charge in [-0.25, -0.2) is 4.39 Å². The van der Waals surface area contributed by atoms with Crippen molar-refractivity contribution in [1.29, 1.82) is 0 Å². The number of likely N-dealkylation sites (tertiary alicyclic amines) is 1. The largest absolute Gasteiger partial charge is 0.416 e. The summed E-state index contributed by atoms with van der Waals surface area (Å²) in [5.74, 6) is -0.918. The first kappa shape index (κ1) is 30.8. The van der Waals surface area contributed by atoms with Gasteiger partial charge in [-0.15, -0.1) is 0 Å². The highest BCUT2D eigenvalue weighted by atomic mass is 19.4. The Labute approximate surface area is 241 Å². The van der Waals surface area contributed by atoms with E-state index >= 15 is 0 Å². The Morgan fingerprint density at radius 3 is 2.14 bits per heavy atom. The molecule has 2 heterocycles. The molecule has 3 fully saturated rings. The van der Waals surface area contributed by atoms with E-state index < -0.39 is 29.4 Å². The number of nitrogens with zero attached hydrogens (tertiary/aromatic N) is 2. The third kappa shape index (κ3) is 7.27. The molecule has 230 valence electrons. The van der Waals surface area contributed by atoms with E-state index in [9.17, 15) is 35.5 Å². The molecule has 1 N–H and O–H groups in total. The second-order valence-electron chi connectivity index (χ2n) is 12.1. The summed E-state index contributed by atoms with van der Waals surface area (Å²) in [7, 11) is 0. The van der Waals surface area contributed by atoms with E-state index in [2.05, 4.69) is 10.2 Å². The third-order valence-corrected chi connectivity index (χ3v) is 8.89. The van der Waals surface area contributed by atoms with Crippen LogP contribution in [0.2, 0.25) is 0 Å². The van der Waals surface area contributed by atoms with E-state index in [1.165, 1.54) is 17.0 Å². The highest BCUT2D eigenvalue weighted by Gasteiger charge is 2.43. The molecule has 2 aliphatic heterocycles. The summed E-state index contributed by atoms with van der Waals surface area (Å²) in [6.07, 6.45) is -6.01. The maximum absolute atomic E-state index is 14.2. The lowest BCUT2D eigenvalue weighted by Crippen LogP contribution is -2.48. The first-order valence-corrected chi connectivity index (χ1v) is 14.6. The molecule has 3 aliphatic rings. The molecule has 2 aromatic carbocycles. The number of alkyl halides is 6. The van der Waals surface area contributed by atoms with Gasteiger partial charge in [0.2, 0.25) is 5.91 Å². The van der Waals surface area contributed by atoms with Crippen molar-refractivity contribution in [3.8, 4) is 0 Å². The lowest BCUT2D eigenvalue weighted by molar-refractivity contribution is -0.143. The number of rotatable bonds is 7. The Balaban J connectivity index is 1.43. The molecule has 1 amide bonds. The minimum atomic E-state index is -4.96. The molecule has 2 unspecified atom stereocenters. The van der Waals surface area contributed by atoms with Gasteiger partial charge in [-0.1, -0.05) is 6.07 Å². The summed E-state index contributed by atoms with van der Waals surface area (Å²) in [4.78, 5) is 18.0. The van der Waals surface area contributed by atoms with Crippen molar-refractivity contribution in [2.45, 2.75) is 69.9 Å². The van der Waals surface area contributed by atoms with E-state index in [4.69, 9.17) is 0 Å². The number of hydrogen-bond acceptors (Lipinski definition) is 3. The van der Waals surface area contributed by atoms with Crippen molar-refractivity contribution >= 4 is 5.91 Å². The number of carbonyl (C=O) groups excluding carboxylic acids is 1. The fourth-order valence-corrected chi connectivity index (χ4v) is 6.57. The Morgan fingerprint density at radius 2 is 1.57 bits per heavy atom. The Morgan fingerprint density at radius 1 is 0.929 bits per heavy atom. The van der Waals surface area contributed by atoms with E-state index in [0.29, 0.717) is 56.0 Å². The molecule has 1 aliphatic carbocycles. The van der Waals surface area contributed by atoms with Crippen LogP contribution < -0.4 is 5.32 Å². The van der Waals surface area contributed by atoms with Crippen LogP contribution in [-0.4, -0.2) is 54.5 Å². The Kier molecular flexibility index (Phi) is 8.90. The number of hydrogen-bond donors (Lipinski definition) is 1. The van der Waals surface area contributed by atoms with Gasteiger partial charge in [0.1, 0.15) is 5.82 Å². The van der Waals surface area contributed by atoms with Gasteiger partial charge in [0, 0.05) is 37.5 Å². The smallest absolute Gasteiger partial charge is 0.335 e. The first-order chi connectivity index (χ1) is 19.8. The standard InChI is InChI=1S/C31H36F7N3O/c1-19-12-24(32)2-5-26(19)28-18-40(16-20-6-9-39-10-7-20)11-8-27(28)29(42)41(25-3-4-25)17-21-13-22(30(33,34)35)15-23(14-21)31(36,37)38/h2,5,12-15,20,25,27-28,39H,3-4,6-11,16-18H2,1H3. The predicted octanol–water partition coefficient (Wildman–Crippen LogP) is 6.77. The molecule has 11 heteroatoms. The van der Waals surface area contributed by atoms with Crippen LogP contribution in [0.4, 0.5) is 30.7 Å². The molecule has 2 saturated heterocycles. The number of benzene rings is 2. The zero-order chi connectivity index (χ0) is 30.2. The van der Waals surface area contributed by atoms with Crippen molar-refractivity contribution in [3.63, 3.8) is 0 Å². The molecule has 0 bridgehead atoms. The van der Waals surface area contributed by atoms with Crippen LogP contribution in [0.1, 0.15) is 65.8 Å².